The van der Waals surface area contributed by atoms with Gasteiger partial charge in [0.15, 0.2) is 0 Å². The molecule has 0 aliphatic rings. The zero-order valence-corrected chi connectivity index (χ0v) is 11.7. The van der Waals surface area contributed by atoms with Crippen LogP contribution in [-0.2, 0) is 6.42 Å². The second-order valence-electron chi connectivity index (χ2n) is 4.71. The highest BCUT2D eigenvalue weighted by atomic mass is 19.1. The Morgan fingerprint density at radius 1 is 1.15 bits per heavy atom. The molecule has 1 N–H and O–H groups in total. The standard InChI is InChI=1S/C16H19F2NO/c1-3-8-19-16(12-7-9-20-15(12)4-2)13-10-11(17)5-6-14(13)18/h5-7,9-10,16,19H,3-4,8H2,1-2H3. The summed E-state index contributed by atoms with van der Waals surface area (Å²) >= 11 is 0. The van der Waals surface area contributed by atoms with E-state index in [2.05, 4.69) is 5.32 Å². The van der Waals surface area contributed by atoms with E-state index >= 15 is 0 Å². The minimum Gasteiger partial charge on any atom is -0.469 e. The molecule has 2 aromatic rings. The maximum absolute atomic E-state index is 14.0. The van der Waals surface area contributed by atoms with Crippen molar-refractivity contribution in [3.05, 3.63) is 59.1 Å². The van der Waals surface area contributed by atoms with Gasteiger partial charge in [0.05, 0.1) is 12.3 Å². The molecule has 4 heteroatoms. The third-order valence-corrected chi connectivity index (χ3v) is 3.28. The number of hydrogen-bond acceptors (Lipinski definition) is 2. The van der Waals surface area contributed by atoms with Crippen LogP contribution >= 0.6 is 0 Å². The van der Waals surface area contributed by atoms with Crippen molar-refractivity contribution in [2.24, 2.45) is 0 Å². The largest absolute Gasteiger partial charge is 0.469 e. The van der Waals surface area contributed by atoms with Crippen molar-refractivity contribution in [2.45, 2.75) is 32.7 Å². The number of rotatable bonds is 6. The maximum atomic E-state index is 14.0. The molecule has 0 amide bonds. The average Bonchev–Trinajstić information content (AvgIpc) is 2.91. The van der Waals surface area contributed by atoms with E-state index in [0.717, 1.165) is 36.4 Å². The van der Waals surface area contributed by atoms with Gasteiger partial charge in [0.1, 0.15) is 17.4 Å². The van der Waals surface area contributed by atoms with Gasteiger partial charge in [-0.25, -0.2) is 8.78 Å². The zero-order valence-electron chi connectivity index (χ0n) is 11.7. The molecular formula is C16H19F2NO. The lowest BCUT2D eigenvalue weighted by Crippen LogP contribution is -2.24. The Kier molecular flexibility index (Phi) is 4.90. The number of benzene rings is 1. The lowest BCUT2D eigenvalue weighted by atomic mass is 9.97. The molecule has 2 rings (SSSR count). The highest BCUT2D eigenvalue weighted by Gasteiger charge is 2.22. The summed E-state index contributed by atoms with van der Waals surface area (Å²) in [5, 5.41) is 3.26. The van der Waals surface area contributed by atoms with E-state index in [9.17, 15) is 8.78 Å². The summed E-state index contributed by atoms with van der Waals surface area (Å²) in [6, 6.07) is 4.97. The van der Waals surface area contributed by atoms with Crippen LogP contribution in [0.5, 0.6) is 0 Å². The first-order valence-electron chi connectivity index (χ1n) is 6.92. The van der Waals surface area contributed by atoms with Gasteiger partial charge in [0, 0.05) is 17.5 Å². The van der Waals surface area contributed by atoms with Gasteiger partial charge >= 0.3 is 0 Å². The van der Waals surface area contributed by atoms with Crippen LogP contribution in [0, 0.1) is 11.6 Å². The van der Waals surface area contributed by atoms with Gasteiger partial charge in [0.2, 0.25) is 0 Å². The third kappa shape index (κ3) is 3.07. The molecule has 0 radical (unpaired) electrons. The van der Waals surface area contributed by atoms with Crippen LogP contribution in [0.1, 0.15) is 43.2 Å². The Balaban J connectivity index is 2.44. The Bertz CT molecular complexity index is 565. The van der Waals surface area contributed by atoms with Crippen LogP contribution in [0.3, 0.4) is 0 Å². The van der Waals surface area contributed by atoms with Gasteiger partial charge < -0.3 is 9.73 Å². The molecule has 2 nitrogen and oxygen atoms in total. The molecule has 0 saturated heterocycles. The lowest BCUT2D eigenvalue weighted by Gasteiger charge is -2.19. The molecule has 0 fully saturated rings. The fourth-order valence-corrected chi connectivity index (χ4v) is 2.31. The van der Waals surface area contributed by atoms with Crippen LogP contribution in [-0.4, -0.2) is 6.54 Å². The van der Waals surface area contributed by atoms with Gasteiger partial charge in [-0.05, 0) is 37.2 Å². The average molecular weight is 279 g/mol. The smallest absolute Gasteiger partial charge is 0.128 e. The Hall–Kier alpha value is -1.68. The fraction of sp³-hybridized carbons (Fsp3) is 0.375. The molecule has 0 bridgehead atoms. The van der Waals surface area contributed by atoms with Gasteiger partial charge in [-0.15, -0.1) is 0 Å². The number of furan rings is 1. The van der Waals surface area contributed by atoms with Crippen LogP contribution in [0.4, 0.5) is 8.78 Å². The van der Waals surface area contributed by atoms with Crippen molar-refractivity contribution >= 4 is 0 Å². The van der Waals surface area contributed by atoms with E-state index in [0.29, 0.717) is 12.0 Å². The van der Waals surface area contributed by atoms with Crippen molar-refractivity contribution in [1.29, 1.82) is 0 Å². The van der Waals surface area contributed by atoms with Crippen molar-refractivity contribution < 1.29 is 13.2 Å². The molecule has 0 saturated carbocycles. The number of hydrogen-bond donors (Lipinski definition) is 1. The molecule has 108 valence electrons. The minimum atomic E-state index is -0.439. The fourth-order valence-electron chi connectivity index (χ4n) is 2.31. The molecule has 20 heavy (non-hydrogen) atoms. The van der Waals surface area contributed by atoms with Crippen molar-refractivity contribution in [1.82, 2.24) is 5.32 Å². The van der Waals surface area contributed by atoms with Crippen LogP contribution < -0.4 is 5.32 Å². The van der Waals surface area contributed by atoms with Gasteiger partial charge in [0.25, 0.3) is 0 Å². The van der Waals surface area contributed by atoms with Gasteiger partial charge in [-0.2, -0.15) is 0 Å². The lowest BCUT2D eigenvalue weighted by molar-refractivity contribution is 0.492. The summed E-state index contributed by atoms with van der Waals surface area (Å²) in [4.78, 5) is 0. The Morgan fingerprint density at radius 3 is 2.65 bits per heavy atom. The predicted molar refractivity (Wildman–Crippen MR) is 74.6 cm³/mol. The van der Waals surface area contributed by atoms with E-state index in [1.54, 1.807) is 6.26 Å². The molecular weight excluding hydrogens is 260 g/mol. The summed E-state index contributed by atoms with van der Waals surface area (Å²) in [6.07, 6.45) is 3.21. The first-order chi connectivity index (χ1) is 9.67. The van der Waals surface area contributed by atoms with Crippen LogP contribution in [0.2, 0.25) is 0 Å². The molecule has 0 aliphatic heterocycles. The van der Waals surface area contributed by atoms with Gasteiger partial charge in [-0.3, -0.25) is 0 Å². The summed E-state index contributed by atoms with van der Waals surface area (Å²) in [5.41, 5.74) is 1.18. The molecule has 1 heterocycles. The van der Waals surface area contributed by atoms with E-state index in [1.165, 1.54) is 6.07 Å². The molecule has 1 aromatic heterocycles. The molecule has 0 aliphatic carbocycles. The second kappa shape index (κ2) is 6.66. The highest BCUT2D eigenvalue weighted by Crippen LogP contribution is 2.28. The highest BCUT2D eigenvalue weighted by molar-refractivity contribution is 5.34. The molecule has 1 unspecified atom stereocenters. The Labute approximate surface area is 117 Å². The summed E-state index contributed by atoms with van der Waals surface area (Å²) < 4.78 is 32.9. The normalized spacial score (nSPS) is 12.6. The van der Waals surface area contributed by atoms with E-state index < -0.39 is 11.6 Å². The second-order valence-corrected chi connectivity index (χ2v) is 4.71. The van der Waals surface area contributed by atoms with E-state index in [-0.39, 0.29) is 6.04 Å². The van der Waals surface area contributed by atoms with Gasteiger partial charge in [-0.1, -0.05) is 13.8 Å². The molecule has 1 atom stereocenters. The third-order valence-electron chi connectivity index (χ3n) is 3.28. The van der Waals surface area contributed by atoms with E-state index in [1.807, 2.05) is 19.9 Å². The topological polar surface area (TPSA) is 25.2 Å². The number of nitrogens with one attached hydrogen (secondary N) is 1. The van der Waals surface area contributed by atoms with Crippen LogP contribution in [0.15, 0.2) is 34.9 Å². The number of halogens is 2. The summed E-state index contributed by atoms with van der Waals surface area (Å²) in [6.45, 7) is 4.72. The van der Waals surface area contributed by atoms with Crippen molar-refractivity contribution in [3.63, 3.8) is 0 Å². The maximum Gasteiger partial charge on any atom is 0.128 e. The SMILES string of the molecule is CCCNC(c1cc(F)ccc1F)c1ccoc1CC. The number of aryl methyl sites for hydroxylation is 1. The summed E-state index contributed by atoms with van der Waals surface area (Å²) in [7, 11) is 0. The Morgan fingerprint density at radius 2 is 1.95 bits per heavy atom. The summed E-state index contributed by atoms with van der Waals surface area (Å²) in [5.74, 6) is -0.0586. The minimum absolute atomic E-state index is 0.314. The zero-order chi connectivity index (χ0) is 14.5. The predicted octanol–water partition coefficient (Wildman–Crippen LogP) is 4.21. The van der Waals surface area contributed by atoms with E-state index in [4.69, 9.17) is 4.42 Å². The monoisotopic (exact) mass is 279 g/mol. The first kappa shape index (κ1) is 14.7. The van der Waals surface area contributed by atoms with Crippen molar-refractivity contribution in [2.75, 3.05) is 6.54 Å². The first-order valence-corrected chi connectivity index (χ1v) is 6.92. The quantitative estimate of drug-likeness (QED) is 0.857. The van der Waals surface area contributed by atoms with Crippen molar-refractivity contribution in [3.8, 4) is 0 Å². The molecule has 0 spiro atoms. The van der Waals surface area contributed by atoms with Crippen LogP contribution in [0.25, 0.3) is 0 Å². The molecule has 1 aromatic carbocycles.